The van der Waals surface area contributed by atoms with Crippen molar-refractivity contribution in [2.24, 2.45) is 35.5 Å². The fraction of sp³-hybridized carbons (Fsp3) is 0.824. The molecular weight excluding hydrogens is 236 g/mol. The van der Waals surface area contributed by atoms with Gasteiger partial charge < -0.3 is 5.11 Å². The lowest BCUT2D eigenvalue weighted by atomic mass is 9.50. The fourth-order valence-electron chi connectivity index (χ4n) is 5.06. The van der Waals surface area contributed by atoms with Gasteiger partial charge in [0.15, 0.2) is 0 Å². The third-order valence-corrected chi connectivity index (χ3v) is 5.43. The molecule has 2 heteroatoms. The van der Waals surface area contributed by atoms with E-state index in [-0.39, 0.29) is 5.57 Å². The van der Waals surface area contributed by atoms with Crippen LogP contribution in [0.2, 0.25) is 0 Å². The van der Waals surface area contributed by atoms with Gasteiger partial charge in [-0.1, -0.05) is 20.4 Å². The van der Waals surface area contributed by atoms with Gasteiger partial charge in [-0.3, -0.25) is 0 Å². The van der Waals surface area contributed by atoms with E-state index in [4.69, 9.17) is 5.11 Å². The number of carboxylic acids is 1. The Labute approximate surface area is 117 Å². The lowest BCUT2D eigenvalue weighted by Gasteiger charge is -2.55. The van der Waals surface area contributed by atoms with Gasteiger partial charge in [0.2, 0.25) is 0 Å². The number of carboxylic acid groups (broad SMARTS) is 1. The summed E-state index contributed by atoms with van der Waals surface area (Å²) in [5.41, 5.74) is 0.176. The lowest BCUT2D eigenvalue weighted by Crippen LogP contribution is -2.46. The Hall–Kier alpha value is -0.790. The first-order valence-electron chi connectivity index (χ1n) is 7.77. The van der Waals surface area contributed by atoms with Crippen LogP contribution in [0.1, 0.15) is 52.9 Å². The van der Waals surface area contributed by atoms with Crippen molar-refractivity contribution in [3.63, 3.8) is 0 Å². The summed E-state index contributed by atoms with van der Waals surface area (Å²) in [5.74, 6) is 5.69. The second-order valence-corrected chi connectivity index (χ2v) is 7.34. The van der Waals surface area contributed by atoms with Crippen LogP contribution in [0, 0.1) is 35.5 Å². The van der Waals surface area contributed by atoms with E-state index in [1.165, 1.54) is 6.92 Å². The van der Waals surface area contributed by atoms with E-state index < -0.39 is 5.97 Å². The number of aliphatic carboxylic acids is 1. The van der Waals surface area contributed by atoms with E-state index in [0.29, 0.717) is 0 Å². The van der Waals surface area contributed by atoms with Crippen LogP contribution in [-0.2, 0) is 4.79 Å². The van der Waals surface area contributed by atoms with Crippen LogP contribution in [0.4, 0.5) is 0 Å². The Morgan fingerprint density at radius 2 is 1.42 bits per heavy atom. The number of hydrogen-bond acceptors (Lipinski definition) is 1. The molecule has 0 unspecified atom stereocenters. The van der Waals surface area contributed by atoms with Gasteiger partial charge >= 0.3 is 5.97 Å². The summed E-state index contributed by atoms with van der Waals surface area (Å²) in [5, 5.41) is 7.89. The van der Waals surface area contributed by atoms with E-state index in [9.17, 15) is 4.79 Å². The number of hydrogen-bond donors (Lipinski definition) is 1. The number of rotatable bonds is 2. The standard InChI is InChI=1S/C13H22.C4H6O2/c1-8(2)13-11-4-9-3-10(6-11)7-12(13)5-9;1-3(2)4(5)6/h8-13H,3-7H2,1-2H3;1H2,2H3,(H,5,6). The molecule has 19 heavy (non-hydrogen) atoms. The summed E-state index contributed by atoms with van der Waals surface area (Å²) in [7, 11) is 0. The van der Waals surface area contributed by atoms with Crippen LogP contribution < -0.4 is 0 Å². The van der Waals surface area contributed by atoms with Crippen molar-refractivity contribution >= 4 is 5.97 Å². The second kappa shape index (κ2) is 5.68. The molecule has 1 N–H and O–H groups in total. The molecule has 4 aliphatic carbocycles. The molecule has 0 aliphatic heterocycles. The molecule has 0 aromatic heterocycles. The summed E-state index contributed by atoms with van der Waals surface area (Å²) in [6, 6.07) is 0. The second-order valence-electron chi connectivity index (χ2n) is 7.34. The van der Waals surface area contributed by atoms with Crippen LogP contribution in [0.5, 0.6) is 0 Å². The average Bonchev–Trinajstić information content (AvgIpc) is 2.27. The van der Waals surface area contributed by atoms with E-state index in [1.54, 1.807) is 32.1 Å². The highest BCUT2D eigenvalue weighted by atomic mass is 16.4. The highest BCUT2D eigenvalue weighted by Gasteiger charge is 2.48. The predicted octanol–water partition coefficient (Wildman–Crippen LogP) is 4.36. The smallest absolute Gasteiger partial charge is 0.330 e. The van der Waals surface area contributed by atoms with Crippen molar-refractivity contribution in [1.29, 1.82) is 0 Å². The predicted molar refractivity (Wildman–Crippen MR) is 77.8 cm³/mol. The Kier molecular flexibility index (Phi) is 4.37. The van der Waals surface area contributed by atoms with Crippen LogP contribution in [-0.4, -0.2) is 11.1 Å². The molecule has 0 amide bonds. The van der Waals surface area contributed by atoms with Gasteiger partial charge in [-0.2, -0.15) is 0 Å². The van der Waals surface area contributed by atoms with E-state index in [1.807, 2.05) is 0 Å². The van der Waals surface area contributed by atoms with Crippen LogP contribution >= 0.6 is 0 Å². The van der Waals surface area contributed by atoms with Gasteiger partial charge in [-0.05, 0) is 74.5 Å². The quantitative estimate of drug-likeness (QED) is 0.752. The summed E-state index contributed by atoms with van der Waals surface area (Å²) >= 11 is 0. The van der Waals surface area contributed by atoms with Crippen molar-refractivity contribution in [3.05, 3.63) is 12.2 Å². The van der Waals surface area contributed by atoms with Crippen molar-refractivity contribution in [2.45, 2.75) is 52.9 Å². The van der Waals surface area contributed by atoms with Crippen molar-refractivity contribution in [1.82, 2.24) is 0 Å². The molecule has 4 saturated carbocycles. The van der Waals surface area contributed by atoms with E-state index >= 15 is 0 Å². The molecule has 2 nitrogen and oxygen atoms in total. The van der Waals surface area contributed by atoms with Crippen molar-refractivity contribution in [2.75, 3.05) is 0 Å². The van der Waals surface area contributed by atoms with E-state index in [2.05, 4.69) is 20.4 Å². The van der Waals surface area contributed by atoms with Gasteiger partial charge in [-0.25, -0.2) is 4.79 Å². The average molecular weight is 264 g/mol. The molecule has 0 aromatic rings. The number of carbonyl (C=O) groups is 1. The molecular formula is C17H28O2. The zero-order valence-electron chi connectivity index (χ0n) is 12.6. The summed E-state index contributed by atoms with van der Waals surface area (Å²) < 4.78 is 0. The zero-order valence-corrected chi connectivity index (χ0v) is 12.6. The minimum Gasteiger partial charge on any atom is -0.478 e. The minimum atomic E-state index is -0.935. The SMILES string of the molecule is C=C(C)C(=O)O.CC(C)C1C2CC3CC(C2)CC1C3. The van der Waals surface area contributed by atoms with Gasteiger partial charge in [0.1, 0.15) is 0 Å². The van der Waals surface area contributed by atoms with Gasteiger partial charge in [0, 0.05) is 5.57 Å². The minimum absolute atomic E-state index is 0.176. The van der Waals surface area contributed by atoms with E-state index in [0.717, 1.165) is 35.5 Å². The zero-order chi connectivity index (χ0) is 14.2. The Morgan fingerprint density at radius 3 is 1.68 bits per heavy atom. The fourth-order valence-corrected chi connectivity index (χ4v) is 5.06. The first kappa shape index (κ1) is 14.6. The molecule has 0 radical (unpaired) electrons. The van der Waals surface area contributed by atoms with Crippen molar-refractivity contribution < 1.29 is 9.90 Å². The monoisotopic (exact) mass is 264 g/mol. The first-order valence-corrected chi connectivity index (χ1v) is 7.77. The maximum Gasteiger partial charge on any atom is 0.330 e. The Bertz CT molecular complexity index is 316. The Balaban J connectivity index is 0.000000192. The Morgan fingerprint density at radius 1 is 1.05 bits per heavy atom. The molecule has 4 bridgehead atoms. The molecule has 0 aromatic carbocycles. The summed E-state index contributed by atoms with van der Waals surface area (Å²) in [6.07, 6.45) is 7.97. The molecule has 4 fully saturated rings. The normalized spacial score (nSPS) is 38.8. The molecule has 0 atom stereocenters. The third-order valence-electron chi connectivity index (χ3n) is 5.43. The topological polar surface area (TPSA) is 37.3 Å². The largest absolute Gasteiger partial charge is 0.478 e. The maximum atomic E-state index is 9.60. The molecule has 0 heterocycles. The molecule has 4 aliphatic rings. The first-order chi connectivity index (χ1) is 8.88. The maximum absolute atomic E-state index is 9.60. The van der Waals surface area contributed by atoms with Gasteiger partial charge in [-0.15, -0.1) is 0 Å². The molecule has 0 spiro atoms. The highest BCUT2D eigenvalue weighted by Crippen LogP contribution is 2.58. The molecule has 4 rings (SSSR count). The van der Waals surface area contributed by atoms with Crippen LogP contribution in [0.15, 0.2) is 12.2 Å². The molecule has 0 saturated heterocycles. The van der Waals surface area contributed by atoms with Crippen molar-refractivity contribution in [3.8, 4) is 0 Å². The van der Waals surface area contributed by atoms with Gasteiger partial charge in [0.25, 0.3) is 0 Å². The summed E-state index contributed by atoms with van der Waals surface area (Å²) in [4.78, 5) is 9.60. The lowest BCUT2D eigenvalue weighted by molar-refractivity contribution is -0.132. The van der Waals surface area contributed by atoms with Gasteiger partial charge in [0.05, 0.1) is 0 Å². The molecule has 108 valence electrons. The highest BCUT2D eigenvalue weighted by molar-refractivity contribution is 5.84. The third kappa shape index (κ3) is 3.21. The van der Waals surface area contributed by atoms with Crippen LogP contribution in [0.25, 0.3) is 0 Å². The van der Waals surface area contributed by atoms with Crippen LogP contribution in [0.3, 0.4) is 0 Å². The summed E-state index contributed by atoms with van der Waals surface area (Å²) in [6.45, 7) is 9.50.